The minimum Gasteiger partial charge on any atom is -0.397 e. The Morgan fingerprint density at radius 2 is 1.88 bits per heavy atom. The van der Waals surface area contributed by atoms with Gasteiger partial charge in [-0.05, 0) is 73.6 Å². The number of urea groups is 1. The first kappa shape index (κ1) is 24.2. The molecule has 1 aromatic heterocycles. The number of benzene rings is 1. The van der Waals surface area contributed by atoms with Gasteiger partial charge in [0.1, 0.15) is 5.82 Å². The van der Waals surface area contributed by atoms with E-state index in [4.69, 9.17) is 5.73 Å². The van der Waals surface area contributed by atoms with Crippen LogP contribution in [0.3, 0.4) is 0 Å². The second-order valence-corrected chi connectivity index (χ2v) is 9.19. The van der Waals surface area contributed by atoms with Crippen LogP contribution in [0.25, 0.3) is 5.57 Å². The van der Waals surface area contributed by atoms with E-state index >= 15 is 0 Å². The summed E-state index contributed by atoms with van der Waals surface area (Å²) in [5.41, 5.74) is 13.4. The van der Waals surface area contributed by atoms with Crippen molar-refractivity contribution in [2.45, 2.75) is 54.1 Å². The molecule has 0 atom stereocenters. The molecule has 174 valence electrons. The minimum absolute atomic E-state index is 0.204. The van der Waals surface area contributed by atoms with Crippen molar-refractivity contribution in [1.29, 1.82) is 0 Å². The maximum absolute atomic E-state index is 13.2. The van der Waals surface area contributed by atoms with E-state index in [1.54, 1.807) is 23.1 Å². The van der Waals surface area contributed by atoms with E-state index in [-0.39, 0.29) is 11.8 Å². The minimum atomic E-state index is -0.272. The number of nitrogens with two attached hydrogens (primary N) is 1. The third-order valence-corrected chi connectivity index (χ3v) is 5.58. The molecule has 0 saturated heterocycles. The van der Waals surface area contributed by atoms with E-state index in [0.29, 0.717) is 30.4 Å². The summed E-state index contributed by atoms with van der Waals surface area (Å²) in [5, 5.41) is 2.98. The number of aromatic nitrogens is 1. The molecule has 1 aliphatic rings. The van der Waals surface area contributed by atoms with E-state index in [1.807, 2.05) is 33.0 Å². The number of hydrogen-bond acceptors (Lipinski definition) is 3. The maximum atomic E-state index is 13.2. The number of rotatable bonds is 6. The summed E-state index contributed by atoms with van der Waals surface area (Å²) in [6.45, 7) is 11.1. The topological polar surface area (TPSA) is 71.2 Å². The third-order valence-electron chi connectivity index (χ3n) is 5.58. The summed E-state index contributed by atoms with van der Waals surface area (Å²) in [5.74, 6) is 0.285. The van der Waals surface area contributed by atoms with Gasteiger partial charge in [0.05, 0.1) is 23.6 Å². The number of nitrogens with one attached hydrogen (secondary N) is 1. The lowest BCUT2D eigenvalue weighted by Crippen LogP contribution is -2.37. The van der Waals surface area contributed by atoms with Gasteiger partial charge in [-0.2, -0.15) is 0 Å². The van der Waals surface area contributed by atoms with Gasteiger partial charge in [-0.25, -0.2) is 9.18 Å². The van der Waals surface area contributed by atoms with Crippen LogP contribution >= 0.6 is 0 Å². The lowest BCUT2D eigenvalue weighted by Gasteiger charge is -2.19. The summed E-state index contributed by atoms with van der Waals surface area (Å²) in [4.78, 5) is 19.3. The van der Waals surface area contributed by atoms with Crippen molar-refractivity contribution in [1.82, 2.24) is 15.2 Å². The molecule has 5 nitrogen and oxygen atoms in total. The summed E-state index contributed by atoms with van der Waals surface area (Å²) < 4.78 is 13.2. The van der Waals surface area contributed by atoms with Gasteiger partial charge in [-0.15, -0.1) is 0 Å². The largest absolute Gasteiger partial charge is 0.397 e. The Balaban J connectivity index is 1.70. The molecule has 0 spiro atoms. The van der Waals surface area contributed by atoms with Crippen molar-refractivity contribution in [3.05, 3.63) is 93.8 Å². The Hall–Kier alpha value is -3.41. The van der Waals surface area contributed by atoms with Gasteiger partial charge in [0.25, 0.3) is 0 Å². The zero-order chi connectivity index (χ0) is 24.1. The number of carbonyl (C=O) groups excluding carboxylic acids is 1. The Morgan fingerprint density at radius 3 is 2.52 bits per heavy atom. The number of allylic oxidation sites excluding steroid dienone is 4. The monoisotopic (exact) mass is 448 g/mol. The van der Waals surface area contributed by atoms with Crippen LogP contribution in [0.5, 0.6) is 0 Å². The number of amides is 2. The SMILES string of the molecule is CC(C)=C(NC(=O)N1Cc2cc(CC(C)C)cnc2C1)/C(N)=C\C=C(/C)c1ccc(F)cc1. The number of carbonyl (C=O) groups is 1. The smallest absolute Gasteiger partial charge is 0.322 e. The van der Waals surface area contributed by atoms with Crippen molar-refractivity contribution >= 4 is 11.6 Å². The van der Waals surface area contributed by atoms with Crippen molar-refractivity contribution in [2.75, 3.05) is 0 Å². The average Bonchev–Trinajstić information content (AvgIpc) is 3.19. The highest BCUT2D eigenvalue weighted by Crippen LogP contribution is 2.23. The molecule has 0 radical (unpaired) electrons. The average molecular weight is 449 g/mol. The summed E-state index contributed by atoms with van der Waals surface area (Å²) >= 11 is 0. The second kappa shape index (κ2) is 10.5. The molecule has 33 heavy (non-hydrogen) atoms. The standard InChI is InChI=1S/C27H33FN4O/c1-17(2)12-20-13-22-15-32(16-25(22)30-14-20)27(33)31-26(18(3)4)24(29)11-6-19(5)21-7-9-23(28)10-8-21/h6-11,13-14,17H,12,15-16,29H2,1-5H3,(H,31,33)/b19-6+,24-11+. The van der Waals surface area contributed by atoms with Gasteiger partial charge in [-0.3, -0.25) is 4.98 Å². The fraction of sp³-hybridized carbons (Fsp3) is 0.333. The van der Waals surface area contributed by atoms with E-state index in [9.17, 15) is 9.18 Å². The van der Waals surface area contributed by atoms with Crippen molar-refractivity contribution in [3.63, 3.8) is 0 Å². The van der Waals surface area contributed by atoms with Crippen molar-refractivity contribution < 1.29 is 9.18 Å². The van der Waals surface area contributed by atoms with Crippen LogP contribution in [-0.2, 0) is 19.5 Å². The fourth-order valence-corrected chi connectivity index (χ4v) is 3.82. The molecule has 0 fully saturated rings. The maximum Gasteiger partial charge on any atom is 0.322 e. The molecule has 3 rings (SSSR count). The van der Waals surface area contributed by atoms with Crippen LogP contribution in [0.2, 0.25) is 0 Å². The third kappa shape index (κ3) is 6.31. The highest BCUT2D eigenvalue weighted by Gasteiger charge is 2.25. The molecule has 1 aromatic carbocycles. The predicted octanol–water partition coefficient (Wildman–Crippen LogP) is 5.68. The molecule has 0 unspecified atom stereocenters. The molecule has 2 amide bonds. The molecular weight excluding hydrogens is 415 g/mol. The van der Waals surface area contributed by atoms with Crippen LogP contribution in [0.4, 0.5) is 9.18 Å². The van der Waals surface area contributed by atoms with E-state index < -0.39 is 0 Å². The Morgan fingerprint density at radius 1 is 1.18 bits per heavy atom. The van der Waals surface area contributed by atoms with Crippen molar-refractivity contribution in [3.8, 4) is 0 Å². The number of halogens is 1. The number of nitrogens with zero attached hydrogens (tertiary/aromatic N) is 2. The highest BCUT2D eigenvalue weighted by atomic mass is 19.1. The molecular formula is C27H33FN4O. The molecule has 0 saturated carbocycles. The van der Waals surface area contributed by atoms with Crippen LogP contribution < -0.4 is 11.1 Å². The molecule has 0 bridgehead atoms. The highest BCUT2D eigenvalue weighted by molar-refractivity contribution is 5.78. The molecule has 0 aliphatic carbocycles. The molecule has 1 aliphatic heterocycles. The molecule has 2 heterocycles. The number of pyridine rings is 1. The summed E-state index contributed by atoms with van der Waals surface area (Å²) in [6.07, 6.45) is 6.52. The van der Waals surface area contributed by atoms with E-state index in [2.05, 4.69) is 30.2 Å². The number of fused-ring (bicyclic) bond motifs is 1. The summed E-state index contributed by atoms with van der Waals surface area (Å²) in [7, 11) is 0. The van der Waals surface area contributed by atoms with Crippen LogP contribution in [0.15, 0.2) is 65.6 Å². The van der Waals surface area contributed by atoms with Gasteiger partial charge >= 0.3 is 6.03 Å². The van der Waals surface area contributed by atoms with E-state index in [0.717, 1.165) is 34.4 Å². The van der Waals surface area contributed by atoms with E-state index in [1.165, 1.54) is 17.7 Å². The number of hydrogen-bond donors (Lipinski definition) is 2. The lowest BCUT2D eigenvalue weighted by atomic mass is 10.0. The quantitative estimate of drug-likeness (QED) is 0.558. The molecule has 3 N–H and O–H groups in total. The van der Waals surface area contributed by atoms with Crippen LogP contribution in [-0.4, -0.2) is 15.9 Å². The van der Waals surface area contributed by atoms with Crippen LogP contribution in [0.1, 0.15) is 57.0 Å². The first-order valence-corrected chi connectivity index (χ1v) is 11.2. The van der Waals surface area contributed by atoms with Gasteiger partial charge in [0.2, 0.25) is 0 Å². The van der Waals surface area contributed by atoms with Gasteiger partial charge in [0, 0.05) is 12.7 Å². The second-order valence-electron chi connectivity index (χ2n) is 9.19. The first-order chi connectivity index (χ1) is 15.6. The molecule has 6 heteroatoms. The van der Waals surface area contributed by atoms with Crippen molar-refractivity contribution in [2.24, 2.45) is 11.7 Å². The summed E-state index contributed by atoms with van der Waals surface area (Å²) in [6, 6.07) is 8.26. The zero-order valence-electron chi connectivity index (χ0n) is 20.1. The lowest BCUT2D eigenvalue weighted by molar-refractivity contribution is 0.201. The Labute approximate surface area is 195 Å². The fourth-order valence-electron chi connectivity index (χ4n) is 3.82. The first-order valence-electron chi connectivity index (χ1n) is 11.2. The van der Waals surface area contributed by atoms with Gasteiger partial charge in [0.15, 0.2) is 0 Å². The van der Waals surface area contributed by atoms with Gasteiger partial charge in [-0.1, -0.05) is 43.7 Å². The zero-order valence-corrected chi connectivity index (χ0v) is 20.1. The molecule has 2 aromatic rings. The van der Waals surface area contributed by atoms with Gasteiger partial charge < -0.3 is 16.0 Å². The Bertz CT molecular complexity index is 1110. The Kier molecular flexibility index (Phi) is 7.69. The van der Waals surface area contributed by atoms with Crippen LogP contribution in [0, 0.1) is 11.7 Å². The predicted molar refractivity (Wildman–Crippen MR) is 131 cm³/mol. The normalized spacial score (nSPS) is 13.8.